The van der Waals surface area contributed by atoms with Crippen LogP contribution >= 0.6 is 11.8 Å². The number of nitrogens with zero attached hydrogens (tertiary/aromatic N) is 4. The normalized spacial score (nSPS) is 16.0. The van der Waals surface area contributed by atoms with Crippen LogP contribution in [0.25, 0.3) is 0 Å². The van der Waals surface area contributed by atoms with E-state index in [1.807, 2.05) is 35.2 Å². The Hall–Kier alpha value is -2.02. The van der Waals surface area contributed by atoms with Crippen LogP contribution in [0.15, 0.2) is 35.5 Å². The maximum Gasteiger partial charge on any atom is 0.240 e. The van der Waals surface area contributed by atoms with Gasteiger partial charge in [0.15, 0.2) is 0 Å². The molecule has 1 aliphatic heterocycles. The third-order valence-electron chi connectivity index (χ3n) is 3.80. The number of thioether (sulfide) groups is 1. The third kappa shape index (κ3) is 2.94. The highest BCUT2D eigenvalue weighted by molar-refractivity contribution is 8.00. The zero-order valence-corrected chi connectivity index (χ0v) is 13.3. The molecule has 1 atom stereocenters. The van der Waals surface area contributed by atoms with Gasteiger partial charge in [-0.1, -0.05) is 42.1 Å². The van der Waals surface area contributed by atoms with Gasteiger partial charge in [-0.05, 0) is 25.3 Å². The summed E-state index contributed by atoms with van der Waals surface area (Å²) in [5, 5.41) is 8.24. The molecule has 0 aliphatic carbocycles. The Morgan fingerprint density at radius 2 is 1.91 bits per heavy atom. The third-order valence-corrected chi connectivity index (χ3v) is 5.00. The van der Waals surface area contributed by atoms with E-state index in [1.54, 1.807) is 6.92 Å². The van der Waals surface area contributed by atoms with Gasteiger partial charge in [0, 0.05) is 13.1 Å². The van der Waals surface area contributed by atoms with Crippen molar-refractivity contribution in [3.8, 4) is 0 Å². The van der Waals surface area contributed by atoms with E-state index in [0.717, 1.165) is 31.5 Å². The summed E-state index contributed by atoms with van der Waals surface area (Å²) in [5.74, 6) is 6.68. The topological polar surface area (TPSA) is 77.0 Å². The van der Waals surface area contributed by atoms with Crippen LogP contribution in [0.1, 0.15) is 29.5 Å². The van der Waals surface area contributed by atoms with E-state index in [0.29, 0.717) is 11.0 Å². The summed E-state index contributed by atoms with van der Waals surface area (Å²) in [6.45, 7) is 3.45. The van der Waals surface area contributed by atoms with E-state index >= 15 is 0 Å². The smallest absolute Gasteiger partial charge is 0.240 e. The molecule has 1 aromatic heterocycles. The van der Waals surface area contributed by atoms with E-state index in [2.05, 4.69) is 10.2 Å². The van der Waals surface area contributed by atoms with Gasteiger partial charge in [0.25, 0.3) is 0 Å². The Balaban J connectivity index is 1.89. The standard InChI is InChI=1S/C15H19N5OS/c1-11-17-18-15(20(11)16)22-13(12-7-3-2-4-8-12)14(21)19-9-5-6-10-19/h2-4,7-8,13H,5-6,9-10,16H2,1H3/t13-/m1/s1. The lowest BCUT2D eigenvalue weighted by molar-refractivity contribution is -0.129. The molecule has 6 nitrogen and oxygen atoms in total. The van der Waals surface area contributed by atoms with Gasteiger partial charge in [0.05, 0.1) is 0 Å². The summed E-state index contributed by atoms with van der Waals surface area (Å²) in [5.41, 5.74) is 0.963. The molecule has 7 heteroatoms. The number of carbonyl (C=O) groups excluding carboxylic acids is 1. The maximum absolute atomic E-state index is 12.9. The molecule has 2 heterocycles. The highest BCUT2D eigenvalue weighted by atomic mass is 32.2. The number of hydrogen-bond acceptors (Lipinski definition) is 5. The fourth-order valence-corrected chi connectivity index (χ4v) is 3.62. The number of hydrogen-bond donors (Lipinski definition) is 1. The first-order valence-electron chi connectivity index (χ1n) is 7.34. The van der Waals surface area contributed by atoms with Crippen LogP contribution in [-0.2, 0) is 4.79 Å². The minimum atomic E-state index is -0.342. The largest absolute Gasteiger partial charge is 0.341 e. The molecule has 0 radical (unpaired) electrons. The quantitative estimate of drug-likeness (QED) is 0.687. The summed E-state index contributed by atoms with van der Waals surface area (Å²) in [7, 11) is 0. The fraction of sp³-hybridized carbons (Fsp3) is 0.400. The lowest BCUT2D eigenvalue weighted by Gasteiger charge is -2.22. The van der Waals surface area contributed by atoms with Crippen molar-refractivity contribution in [1.29, 1.82) is 0 Å². The summed E-state index contributed by atoms with van der Waals surface area (Å²) < 4.78 is 1.43. The average Bonchev–Trinajstić information content (AvgIpc) is 3.18. The van der Waals surface area contributed by atoms with E-state index in [4.69, 9.17) is 5.84 Å². The highest BCUT2D eigenvalue weighted by Crippen LogP contribution is 2.36. The van der Waals surface area contributed by atoms with Crippen LogP contribution in [0.3, 0.4) is 0 Å². The van der Waals surface area contributed by atoms with Gasteiger partial charge in [-0.2, -0.15) is 0 Å². The maximum atomic E-state index is 12.9. The van der Waals surface area contributed by atoms with Gasteiger partial charge in [0.2, 0.25) is 11.1 Å². The first kappa shape index (κ1) is 14.9. The molecule has 116 valence electrons. The van der Waals surface area contributed by atoms with Crippen LogP contribution in [0.4, 0.5) is 0 Å². The molecule has 1 aromatic carbocycles. The molecular formula is C15H19N5OS. The second-order valence-electron chi connectivity index (χ2n) is 5.34. The molecule has 1 amide bonds. The van der Waals surface area contributed by atoms with Crippen LogP contribution in [-0.4, -0.2) is 38.8 Å². The van der Waals surface area contributed by atoms with Crippen molar-refractivity contribution in [2.75, 3.05) is 18.9 Å². The van der Waals surface area contributed by atoms with E-state index < -0.39 is 0 Å². The summed E-state index contributed by atoms with van der Waals surface area (Å²) >= 11 is 1.36. The second-order valence-corrected chi connectivity index (χ2v) is 6.41. The van der Waals surface area contributed by atoms with Gasteiger partial charge in [-0.3, -0.25) is 4.79 Å². The fourth-order valence-electron chi connectivity index (χ4n) is 2.53. The Labute approximate surface area is 133 Å². The molecule has 1 fully saturated rings. The first-order chi connectivity index (χ1) is 10.7. The molecule has 0 spiro atoms. The second kappa shape index (κ2) is 6.39. The van der Waals surface area contributed by atoms with Crippen LogP contribution in [0.2, 0.25) is 0 Å². The average molecular weight is 317 g/mol. The minimum absolute atomic E-state index is 0.120. The number of nitrogens with two attached hydrogens (primary N) is 1. The number of benzene rings is 1. The molecule has 22 heavy (non-hydrogen) atoms. The summed E-state index contributed by atoms with van der Waals surface area (Å²) in [6, 6.07) is 9.77. The SMILES string of the molecule is Cc1nnc(S[C@@H](C(=O)N2CCCC2)c2ccccc2)n1N. The van der Waals surface area contributed by atoms with Crippen LogP contribution in [0.5, 0.6) is 0 Å². The zero-order valence-electron chi connectivity index (χ0n) is 12.5. The number of aryl methyl sites for hydroxylation is 1. The number of likely N-dealkylation sites (tertiary alicyclic amines) is 1. The Morgan fingerprint density at radius 3 is 2.50 bits per heavy atom. The lowest BCUT2D eigenvalue weighted by Crippen LogP contribution is -2.31. The lowest BCUT2D eigenvalue weighted by atomic mass is 10.1. The van der Waals surface area contributed by atoms with Crippen LogP contribution in [0, 0.1) is 6.92 Å². The predicted molar refractivity (Wildman–Crippen MR) is 85.8 cm³/mol. The molecule has 3 rings (SSSR count). The van der Waals surface area contributed by atoms with Crippen molar-refractivity contribution in [3.05, 3.63) is 41.7 Å². The molecule has 1 aliphatic rings. The molecule has 0 bridgehead atoms. The molecular weight excluding hydrogens is 298 g/mol. The number of aromatic nitrogens is 3. The summed E-state index contributed by atoms with van der Waals surface area (Å²) in [6.07, 6.45) is 2.15. The van der Waals surface area contributed by atoms with Crippen molar-refractivity contribution in [2.45, 2.75) is 30.2 Å². The van der Waals surface area contributed by atoms with Crippen molar-refractivity contribution in [2.24, 2.45) is 0 Å². The Kier molecular flexibility index (Phi) is 4.33. The van der Waals surface area contributed by atoms with Gasteiger partial charge in [-0.25, -0.2) is 4.68 Å². The van der Waals surface area contributed by atoms with E-state index in [9.17, 15) is 4.79 Å². The van der Waals surface area contributed by atoms with Crippen LogP contribution < -0.4 is 5.84 Å². The minimum Gasteiger partial charge on any atom is -0.341 e. The van der Waals surface area contributed by atoms with Gasteiger partial charge >= 0.3 is 0 Å². The van der Waals surface area contributed by atoms with Gasteiger partial charge in [-0.15, -0.1) is 10.2 Å². The molecule has 0 saturated carbocycles. The monoisotopic (exact) mass is 317 g/mol. The van der Waals surface area contributed by atoms with Crippen molar-refractivity contribution in [3.63, 3.8) is 0 Å². The zero-order chi connectivity index (χ0) is 15.5. The number of amides is 1. The van der Waals surface area contributed by atoms with Crippen molar-refractivity contribution in [1.82, 2.24) is 19.8 Å². The molecule has 0 unspecified atom stereocenters. The van der Waals surface area contributed by atoms with Crippen molar-refractivity contribution < 1.29 is 4.79 Å². The Bertz CT molecular complexity index is 651. The highest BCUT2D eigenvalue weighted by Gasteiger charge is 2.30. The number of nitrogen functional groups attached to an aromatic ring is 1. The van der Waals surface area contributed by atoms with Gasteiger partial charge in [0.1, 0.15) is 11.1 Å². The van der Waals surface area contributed by atoms with Gasteiger partial charge < -0.3 is 10.7 Å². The Morgan fingerprint density at radius 1 is 1.23 bits per heavy atom. The predicted octanol–water partition coefficient (Wildman–Crippen LogP) is 1.76. The molecule has 2 N–H and O–H groups in total. The van der Waals surface area contributed by atoms with Crippen molar-refractivity contribution >= 4 is 17.7 Å². The molecule has 1 saturated heterocycles. The van der Waals surface area contributed by atoms with E-state index in [1.165, 1.54) is 16.4 Å². The molecule has 2 aromatic rings. The van der Waals surface area contributed by atoms with E-state index in [-0.39, 0.29) is 11.2 Å². The first-order valence-corrected chi connectivity index (χ1v) is 8.22. The number of carbonyl (C=O) groups is 1. The number of rotatable bonds is 4. The summed E-state index contributed by atoms with van der Waals surface area (Å²) in [4.78, 5) is 14.8.